The van der Waals surface area contributed by atoms with Crippen LogP contribution in [-0.4, -0.2) is 19.1 Å². The minimum absolute atomic E-state index is 0.00915. The Morgan fingerprint density at radius 1 is 1.08 bits per heavy atom. The summed E-state index contributed by atoms with van der Waals surface area (Å²) in [4.78, 5) is 13.6. The second-order valence-electron chi connectivity index (χ2n) is 5.82. The number of hydrogen-bond donors (Lipinski definition) is 1. The molecule has 0 aromatic heterocycles. The summed E-state index contributed by atoms with van der Waals surface area (Å²) in [5.41, 5.74) is 1.75. The van der Waals surface area contributed by atoms with Gasteiger partial charge in [0.05, 0.1) is 6.61 Å². The Balaban J connectivity index is 2.05. The number of carbonyl (C=O) groups excluding carboxylic acids is 1. The van der Waals surface area contributed by atoms with Gasteiger partial charge in [-0.3, -0.25) is 4.79 Å². The highest BCUT2D eigenvalue weighted by Crippen LogP contribution is 2.29. The molecular weight excluding hydrogens is 330 g/mol. The molecule has 134 valence electrons. The van der Waals surface area contributed by atoms with Gasteiger partial charge in [-0.2, -0.15) is 0 Å². The SMILES string of the molecule is CCCCCNC(=O)c1ccc(OCC)c(CSc2ccccc2)c1. The molecule has 0 saturated carbocycles. The fourth-order valence-corrected chi connectivity index (χ4v) is 3.38. The number of nitrogens with one attached hydrogen (secondary N) is 1. The number of amides is 1. The first kappa shape index (κ1) is 19.4. The zero-order chi connectivity index (χ0) is 17.9. The minimum atomic E-state index is -0.00915. The summed E-state index contributed by atoms with van der Waals surface area (Å²) in [5, 5.41) is 3.00. The smallest absolute Gasteiger partial charge is 0.251 e. The van der Waals surface area contributed by atoms with Crippen LogP contribution >= 0.6 is 11.8 Å². The Morgan fingerprint density at radius 2 is 1.88 bits per heavy atom. The predicted molar refractivity (Wildman–Crippen MR) is 105 cm³/mol. The van der Waals surface area contributed by atoms with E-state index in [1.807, 2.05) is 43.3 Å². The first-order chi connectivity index (χ1) is 12.2. The molecule has 2 rings (SSSR count). The van der Waals surface area contributed by atoms with Crippen LogP contribution in [0.15, 0.2) is 53.4 Å². The van der Waals surface area contributed by atoms with Gasteiger partial charge in [-0.15, -0.1) is 11.8 Å². The van der Waals surface area contributed by atoms with E-state index in [1.54, 1.807) is 11.8 Å². The average Bonchev–Trinajstić information content (AvgIpc) is 2.65. The lowest BCUT2D eigenvalue weighted by atomic mass is 10.1. The summed E-state index contributed by atoms with van der Waals surface area (Å²) in [6.45, 7) is 5.48. The molecule has 4 heteroatoms. The number of rotatable bonds is 10. The van der Waals surface area contributed by atoms with Gasteiger partial charge < -0.3 is 10.1 Å². The monoisotopic (exact) mass is 357 g/mol. The summed E-state index contributed by atoms with van der Waals surface area (Å²) in [7, 11) is 0. The van der Waals surface area contributed by atoms with E-state index in [4.69, 9.17) is 4.74 Å². The zero-order valence-electron chi connectivity index (χ0n) is 15.1. The number of hydrogen-bond acceptors (Lipinski definition) is 3. The van der Waals surface area contributed by atoms with Crippen LogP contribution in [0.25, 0.3) is 0 Å². The summed E-state index contributed by atoms with van der Waals surface area (Å²) < 4.78 is 5.73. The fourth-order valence-electron chi connectivity index (χ4n) is 2.49. The van der Waals surface area contributed by atoms with Crippen molar-refractivity contribution in [3.63, 3.8) is 0 Å². The van der Waals surface area contributed by atoms with E-state index < -0.39 is 0 Å². The number of unbranched alkanes of at least 4 members (excludes halogenated alkanes) is 2. The van der Waals surface area contributed by atoms with E-state index in [1.165, 1.54) is 4.90 Å². The van der Waals surface area contributed by atoms with E-state index in [0.29, 0.717) is 12.2 Å². The molecule has 3 nitrogen and oxygen atoms in total. The highest BCUT2D eigenvalue weighted by molar-refractivity contribution is 7.98. The van der Waals surface area contributed by atoms with Gasteiger partial charge in [-0.25, -0.2) is 0 Å². The molecule has 0 aliphatic rings. The molecule has 0 heterocycles. The average molecular weight is 358 g/mol. The summed E-state index contributed by atoms with van der Waals surface area (Å²) in [5.74, 6) is 1.62. The number of thioether (sulfide) groups is 1. The lowest BCUT2D eigenvalue weighted by Crippen LogP contribution is -2.24. The molecule has 1 N–H and O–H groups in total. The van der Waals surface area contributed by atoms with Gasteiger partial charge in [0.15, 0.2) is 0 Å². The molecule has 0 saturated heterocycles. The Kier molecular flexibility index (Phi) is 8.40. The molecule has 2 aromatic rings. The van der Waals surface area contributed by atoms with Crippen molar-refractivity contribution in [3.05, 3.63) is 59.7 Å². The van der Waals surface area contributed by atoms with Gasteiger partial charge in [0.1, 0.15) is 5.75 Å². The minimum Gasteiger partial charge on any atom is -0.494 e. The van der Waals surface area contributed by atoms with E-state index >= 15 is 0 Å². The lowest BCUT2D eigenvalue weighted by molar-refractivity contribution is 0.0953. The molecule has 0 radical (unpaired) electrons. The van der Waals surface area contributed by atoms with Gasteiger partial charge in [0.25, 0.3) is 5.91 Å². The molecule has 0 aliphatic carbocycles. The van der Waals surface area contributed by atoms with Crippen molar-refractivity contribution in [2.45, 2.75) is 43.8 Å². The standard InChI is InChI=1S/C21H27NO2S/c1-3-5-9-14-22-21(23)17-12-13-20(24-4-2)18(15-17)16-25-19-10-7-6-8-11-19/h6-8,10-13,15H,3-5,9,14,16H2,1-2H3,(H,22,23). The number of ether oxygens (including phenoxy) is 1. The Bertz CT molecular complexity index is 658. The second kappa shape index (κ2) is 10.8. The number of benzene rings is 2. The molecular formula is C21H27NO2S. The van der Waals surface area contributed by atoms with Gasteiger partial charge >= 0.3 is 0 Å². The third-order valence-electron chi connectivity index (χ3n) is 3.83. The molecule has 1 amide bonds. The van der Waals surface area contributed by atoms with Gasteiger partial charge in [-0.05, 0) is 43.7 Å². The van der Waals surface area contributed by atoms with E-state index in [-0.39, 0.29) is 5.91 Å². The molecule has 0 aliphatic heterocycles. The maximum Gasteiger partial charge on any atom is 0.251 e. The maximum atomic E-state index is 12.3. The van der Waals surface area contributed by atoms with Crippen LogP contribution < -0.4 is 10.1 Å². The fraction of sp³-hybridized carbons (Fsp3) is 0.381. The van der Waals surface area contributed by atoms with E-state index in [2.05, 4.69) is 24.4 Å². The van der Waals surface area contributed by atoms with Gasteiger partial charge in [0, 0.05) is 28.3 Å². The van der Waals surface area contributed by atoms with Crippen molar-refractivity contribution in [1.82, 2.24) is 5.32 Å². The topological polar surface area (TPSA) is 38.3 Å². The van der Waals surface area contributed by atoms with Crippen LogP contribution in [0.3, 0.4) is 0 Å². The van der Waals surface area contributed by atoms with Crippen molar-refractivity contribution in [2.24, 2.45) is 0 Å². The molecule has 0 fully saturated rings. The summed E-state index contributed by atoms with van der Waals surface area (Å²) in [6.07, 6.45) is 3.32. The lowest BCUT2D eigenvalue weighted by Gasteiger charge is -2.12. The maximum absolute atomic E-state index is 12.3. The molecule has 25 heavy (non-hydrogen) atoms. The predicted octanol–water partition coefficient (Wildman–Crippen LogP) is 5.30. The van der Waals surface area contributed by atoms with E-state index in [9.17, 15) is 4.79 Å². The molecule has 2 aromatic carbocycles. The highest BCUT2D eigenvalue weighted by atomic mass is 32.2. The van der Waals surface area contributed by atoms with Crippen molar-refractivity contribution in [2.75, 3.05) is 13.2 Å². The van der Waals surface area contributed by atoms with E-state index in [0.717, 1.165) is 42.9 Å². The summed E-state index contributed by atoms with van der Waals surface area (Å²) >= 11 is 1.75. The van der Waals surface area contributed by atoms with Crippen LogP contribution in [0.1, 0.15) is 49.0 Å². The normalized spacial score (nSPS) is 10.5. The van der Waals surface area contributed by atoms with Crippen molar-refractivity contribution in [3.8, 4) is 5.75 Å². The molecule has 0 bridgehead atoms. The van der Waals surface area contributed by atoms with Crippen LogP contribution in [0.5, 0.6) is 5.75 Å². The third-order valence-corrected chi connectivity index (χ3v) is 4.89. The molecule has 0 spiro atoms. The van der Waals surface area contributed by atoms with Crippen molar-refractivity contribution >= 4 is 17.7 Å². The highest BCUT2D eigenvalue weighted by Gasteiger charge is 2.11. The zero-order valence-corrected chi connectivity index (χ0v) is 15.9. The Hall–Kier alpha value is -1.94. The Morgan fingerprint density at radius 3 is 2.60 bits per heavy atom. The van der Waals surface area contributed by atoms with Crippen LogP contribution in [0, 0.1) is 0 Å². The molecule has 0 unspecified atom stereocenters. The second-order valence-corrected chi connectivity index (χ2v) is 6.87. The largest absolute Gasteiger partial charge is 0.494 e. The Labute approximate surface area is 155 Å². The first-order valence-corrected chi connectivity index (χ1v) is 9.95. The van der Waals surface area contributed by atoms with Crippen LogP contribution in [0.2, 0.25) is 0 Å². The van der Waals surface area contributed by atoms with Gasteiger partial charge in [-0.1, -0.05) is 38.0 Å². The quantitative estimate of drug-likeness (QED) is 0.463. The first-order valence-electron chi connectivity index (χ1n) is 8.96. The van der Waals surface area contributed by atoms with Crippen LogP contribution in [-0.2, 0) is 5.75 Å². The van der Waals surface area contributed by atoms with Gasteiger partial charge in [0.2, 0.25) is 0 Å². The van der Waals surface area contributed by atoms with Crippen molar-refractivity contribution < 1.29 is 9.53 Å². The summed E-state index contributed by atoms with van der Waals surface area (Å²) in [6, 6.07) is 16.0. The third kappa shape index (κ3) is 6.46. The van der Waals surface area contributed by atoms with Crippen molar-refractivity contribution in [1.29, 1.82) is 0 Å². The number of carbonyl (C=O) groups is 1. The molecule has 0 atom stereocenters. The van der Waals surface area contributed by atoms with Crippen LogP contribution in [0.4, 0.5) is 0 Å².